The van der Waals surface area contributed by atoms with Crippen LogP contribution in [0.3, 0.4) is 0 Å². The van der Waals surface area contributed by atoms with Crippen molar-refractivity contribution in [3.8, 4) is 0 Å². The number of likely N-dealkylation sites (N-methyl/N-ethyl adjacent to an activating group) is 1. The Bertz CT molecular complexity index is 317. The van der Waals surface area contributed by atoms with E-state index in [0.29, 0.717) is 0 Å². The van der Waals surface area contributed by atoms with Gasteiger partial charge in [0.25, 0.3) is 0 Å². The molecule has 2 N–H and O–H groups in total. The Labute approximate surface area is 159 Å². The van der Waals surface area contributed by atoms with E-state index in [1.165, 1.54) is 26.1 Å². The van der Waals surface area contributed by atoms with E-state index in [-0.39, 0.29) is 24.0 Å². The molecule has 1 unspecified atom stereocenters. The van der Waals surface area contributed by atoms with Gasteiger partial charge in [0, 0.05) is 53.5 Å². The molecule has 1 saturated heterocycles. The zero-order chi connectivity index (χ0) is 16.2. The minimum absolute atomic E-state index is 0. The average Bonchev–Trinajstić information content (AvgIpc) is 2.99. The number of nitrogens with zero attached hydrogens (tertiary/aromatic N) is 3. The first-order valence-electron chi connectivity index (χ1n) is 8.54. The lowest BCUT2D eigenvalue weighted by molar-refractivity contribution is 0.180. The van der Waals surface area contributed by atoms with Gasteiger partial charge in [0.15, 0.2) is 5.96 Å². The monoisotopic (exact) mass is 441 g/mol. The fourth-order valence-corrected chi connectivity index (χ4v) is 2.78. The summed E-state index contributed by atoms with van der Waals surface area (Å²) in [5.74, 6) is 1.66. The first-order valence-corrected chi connectivity index (χ1v) is 8.54. The molecule has 0 aromatic rings. The SMILES string of the molecule is CCN1CCC(CNC(=NC)NCCN(C)CCCOC)C1.I. The summed E-state index contributed by atoms with van der Waals surface area (Å²) in [5.41, 5.74) is 0. The van der Waals surface area contributed by atoms with E-state index in [4.69, 9.17) is 4.74 Å². The van der Waals surface area contributed by atoms with Crippen molar-refractivity contribution in [3.63, 3.8) is 0 Å². The van der Waals surface area contributed by atoms with Crippen LogP contribution < -0.4 is 10.6 Å². The van der Waals surface area contributed by atoms with E-state index < -0.39 is 0 Å². The van der Waals surface area contributed by atoms with Crippen molar-refractivity contribution >= 4 is 29.9 Å². The normalized spacial score (nSPS) is 19.0. The van der Waals surface area contributed by atoms with Crippen LogP contribution in [0.25, 0.3) is 0 Å². The molecule has 1 rings (SSSR count). The van der Waals surface area contributed by atoms with E-state index >= 15 is 0 Å². The highest BCUT2D eigenvalue weighted by Crippen LogP contribution is 2.14. The highest BCUT2D eigenvalue weighted by molar-refractivity contribution is 14.0. The quantitative estimate of drug-likeness (QED) is 0.230. The van der Waals surface area contributed by atoms with Crippen molar-refractivity contribution < 1.29 is 4.74 Å². The molecular formula is C16H36IN5O. The maximum Gasteiger partial charge on any atom is 0.191 e. The number of ether oxygens (including phenoxy) is 1. The number of likely N-dealkylation sites (tertiary alicyclic amines) is 1. The molecule has 7 heteroatoms. The number of hydrogen-bond donors (Lipinski definition) is 2. The molecule has 1 heterocycles. The number of rotatable bonds is 10. The summed E-state index contributed by atoms with van der Waals surface area (Å²) in [6.45, 7) is 10.7. The van der Waals surface area contributed by atoms with Crippen LogP contribution in [0.5, 0.6) is 0 Å². The molecule has 1 aliphatic heterocycles. The number of hydrogen-bond acceptors (Lipinski definition) is 4. The third-order valence-corrected chi connectivity index (χ3v) is 4.27. The van der Waals surface area contributed by atoms with Crippen molar-refractivity contribution in [2.24, 2.45) is 10.9 Å². The number of guanidine groups is 1. The standard InChI is InChI=1S/C16H35N5O.HI/c1-5-21-10-7-15(14-21)13-19-16(17-2)18-8-11-20(3)9-6-12-22-4;/h15H,5-14H2,1-4H3,(H2,17,18,19);1H. The molecule has 0 aliphatic carbocycles. The molecule has 0 saturated carbocycles. The van der Waals surface area contributed by atoms with Gasteiger partial charge in [-0.15, -0.1) is 24.0 Å². The largest absolute Gasteiger partial charge is 0.385 e. The van der Waals surface area contributed by atoms with Gasteiger partial charge in [-0.1, -0.05) is 6.92 Å². The lowest BCUT2D eigenvalue weighted by Gasteiger charge is -2.19. The first kappa shape index (κ1) is 22.9. The predicted octanol–water partition coefficient (Wildman–Crippen LogP) is 1.08. The zero-order valence-corrected chi connectivity index (χ0v) is 17.6. The highest BCUT2D eigenvalue weighted by Gasteiger charge is 2.20. The Kier molecular flexibility index (Phi) is 14.2. The minimum atomic E-state index is 0. The van der Waals surface area contributed by atoms with Gasteiger partial charge < -0.3 is 25.2 Å². The van der Waals surface area contributed by atoms with Crippen LogP contribution >= 0.6 is 24.0 Å². The van der Waals surface area contributed by atoms with Gasteiger partial charge in [-0.25, -0.2) is 0 Å². The summed E-state index contributed by atoms with van der Waals surface area (Å²) in [5, 5.41) is 6.85. The maximum atomic E-state index is 5.07. The van der Waals surface area contributed by atoms with Crippen LogP contribution in [-0.2, 0) is 4.74 Å². The van der Waals surface area contributed by atoms with Crippen LogP contribution in [0.4, 0.5) is 0 Å². The second-order valence-corrected chi connectivity index (χ2v) is 6.08. The fourth-order valence-electron chi connectivity index (χ4n) is 2.78. The number of nitrogens with one attached hydrogen (secondary N) is 2. The number of aliphatic imine (C=N–C) groups is 1. The molecule has 0 spiro atoms. The molecule has 0 amide bonds. The van der Waals surface area contributed by atoms with E-state index in [1.807, 2.05) is 7.05 Å². The summed E-state index contributed by atoms with van der Waals surface area (Å²) in [4.78, 5) is 9.13. The lowest BCUT2D eigenvalue weighted by atomic mass is 10.1. The van der Waals surface area contributed by atoms with Crippen molar-refractivity contribution in [1.82, 2.24) is 20.4 Å². The van der Waals surface area contributed by atoms with E-state index in [0.717, 1.165) is 51.1 Å². The molecule has 0 aromatic heterocycles. The smallest absolute Gasteiger partial charge is 0.191 e. The Balaban J connectivity index is 0.00000484. The van der Waals surface area contributed by atoms with Gasteiger partial charge in [0.2, 0.25) is 0 Å². The molecule has 23 heavy (non-hydrogen) atoms. The maximum absolute atomic E-state index is 5.07. The van der Waals surface area contributed by atoms with Crippen molar-refractivity contribution in [2.45, 2.75) is 19.8 Å². The van der Waals surface area contributed by atoms with Gasteiger partial charge in [0.05, 0.1) is 0 Å². The van der Waals surface area contributed by atoms with Crippen LogP contribution in [0.2, 0.25) is 0 Å². The fraction of sp³-hybridized carbons (Fsp3) is 0.938. The van der Waals surface area contributed by atoms with Crippen LogP contribution in [0.15, 0.2) is 4.99 Å². The summed E-state index contributed by atoms with van der Waals surface area (Å²) in [6, 6.07) is 0. The molecule has 0 radical (unpaired) electrons. The first-order chi connectivity index (χ1) is 10.7. The average molecular weight is 441 g/mol. The van der Waals surface area contributed by atoms with Gasteiger partial charge in [-0.2, -0.15) is 0 Å². The minimum Gasteiger partial charge on any atom is -0.385 e. The molecule has 0 aromatic carbocycles. The van der Waals surface area contributed by atoms with Crippen LogP contribution in [0.1, 0.15) is 19.8 Å². The molecule has 1 atom stereocenters. The van der Waals surface area contributed by atoms with Gasteiger partial charge in [0.1, 0.15) is 0 Å². The molecule has 0 bridgehead atoms. The topological polar surface area (TPSA) is 52.1 Å². The lowest BCUT2D eigenvalue weighted by Crippen LogP contribution is -2.43. The van der Waals surface area contributed by atoms with Crippen LogP contribution in [-0.4, -0.2) is 89.4 Å². The van der Waals surface area contributed by atoms with Crippen molar-refractivity contribution in [3.05, 3.63) is 0 Å². The summed E-state index contributed by atoms with van der Waals surface area (Å²) in [6.07, 6.45) is 2.37. The Morgan fingerprint density at radius 2 is 2.13 bits per heavy atom. The zero-order valence-electron chi connectivity index (χ0n) is 15.3. The summed E-state index contributed by atoms with van der Waals surface area (Å²) >= 11 is 0. The second-order valence-electron chi connectivity index (χ2n) is 6.08. The van der Waals surface area contributed by atoms with Gasteiger partial charge >= 0.3 is 0 Å². The van der Waals surface area contributed by atoms with Crippen molar-refractivity contribution in [2.75, 3.05) is 73.6 Å². The third kappa shape index (κ3) is 10.4. The Hall–Kier alpha value is -0.120. The number of halogens is 1. The van der Waals surface area contributed by atoms with Gasteiger partial charge in [-0.05, 0) is 38.9 Å². The molecular weight excluding hydrogens is 405 g/mol. The Morgan fingerprint density at radius 1 is 1.35 bits per heavy atom. The Morgan fingerprint density at radius 3 is 2.74 bits per heavy atom. The van der Waals surface area contributed by atoms with E-state index in [9.17, 15) is 0 Å². The molecule has 6 nitrogen and oxygen atoms in total. The predicted molar refractivity (Wildman–Crippen MR) is 109 cm³/mol. The molecule has 1 fully saturated rings. The molecule has 138 valence electrons. The van der Waals surface area contributed by atoms with Crippen molar-refractivity contribution in [1.29, 1.82) is 0 Å². The summed E-state index contributed by atoms with van der Waals surface area (Å²) in [7, 11) is 5.73. The van der Waals surface area contributed by atoms with Gasteiger partial charge in [-0.3, -0.25) is 4.99 Å². The third-order valence-electron chi connectivity index (χ3n) is 4.27. The van der Waals surface area contributed by atoms with E-state index in [2.05, 4.69) is 39.4 Å². The second kappa shape index (κ2) is 14.2. The number of methoxy groups -OCH3 is 1. The summed E-state index contributed by atoms with van der Waals surface area (Å²) < 4.78 is 5.07. The highest BCUT2D eigenvalue weighted by atomic mass is 127. The molecule has 1 aliphatic rings. The van der Waals surface area contributed by atoms with E-state index in [1.54, 1.807) is 7.11 Å². The van der Waals surface area contributed by atoms with Crippen LogP contribution in [0, 0.1) is 5.92 Å².